The zero-order valence-corrected chi connectivity index (χ0v) is 10.4. The number of hydrogen-bond donors (Lipinski definition) is 2. The molecular weight excluding hydrogens is 273 g/mol. The maximum absolute atomic E-state index is 12.6. The van der Waals surface area contributed by atoms with Crippen molar-refractivity contribution < 1.29 is 18.4 Å². The zero-order valence-electron chi connectivity index (χ0n) is 10.4. The molecule has 0 saturated heterocycles. The summed E-state index contributed by atoms with van der Waals surface area (Å²) in [6, 6.07) is 5.74. The Labute approximate surface area is 112 Å². The highest BCUT2D eigenvalue weighted by atomic mass is 19.4. The van der Waals surface area contributed by atoms with Crippen LogP contribution in [-0.2, 0) is 6.18 Å². The summed E-state index contributed by atoms with van der Waals surface area (Å²) >= 11 is 0. The van der Waals surface area contributed by atoms with Gasteiger partial charge in [-0.05, 0) is 24.6 Å². The molecule has 0 aliphatic heterocycles. The lowest BCUT2D eigenvalue weighted by molar-refractivity contribution is -0.141. The van der Waals surface area contributed by atoms with Crippen LogP contribution in [0.1, 0.15) is 16.8 Å². The van der Waals surface area contributed by atoms with Gasteiger partial charge in [0.25, 0.3) is 0 Å². The molecule has 0 spiro atoms. The smallest absolute Gasteiger partial charge is 0.409 e. The number of aryl methyl sites for hydroxylation is 1. The molecule has 2 rings (SSSR count). The molecule has 1 heterocycles. The third kappa shape index (κ3) is 2.44. The highest BCUT2D eigenvalue weighted by Gasteiger charge is 2.33. The number of rotatable bonds is 2. The van der Waals surface area contributed by atoms with Gasteiger partial charge in [-0.25, -0.2) is 4.68 Å². The first kappa shape index (κ1) is 13.9. The van der Waals surface area contributed by atoms with E-state index in [9.17, 15) is 13.2 Å². The molecule has 5 nitrogen and oxygen atoms in total. The van der Waals surface area contributed by atoms with Crippen LogP contribution in [0.2, 0.25) is 0 Å². The van der Waals surface area contributed by atoms with E-state index in [1.165, 1.54) is 12.3 Å². The maximum atomic E-state index is 12.6. The van der Waals surface area contributed by atoms with Crippen molar-refractivity contribution in [1.82, 2.24) is 9.78 Å². The van der Waals surface area contributed by atoms with Crippen LogP contribution in [0.4, 0.5) is 13.2 Å². The van der Waals surface area contributed by atoms with Crippen LogP contribution in [-0.4, -0.2) is 20.8 Å². The Balaban J connectivity index is 2.61. The largest absolute Gasteiger partial charge is 0.435 e. The number of aromatic nitrogens is 2. The van der Waals surface area contributed by atoms with Crippen LogP contribution >= 0.6 is 0 Å². The van der Waals surface area contributed by atoms with Crippen LogP contribution in [0.25, 0.3) is 5.69 Å². The summed E-state index contributed by atoms with van der Waals surface area (Å²) in [7, 11) is 0. The van der Waals surface area contributed by atoms with Gasteiger partial charge in [-0.3, -0.25) is 0 Å². The van der Waals surface area contributed by atoms with Crippen LogP contribution < -0.4 is 5.73 Å². The summed E-state index contributed by atoms with van der Waals surface area (Å²) in [4.78, 5) is 0. The predicted molar refractivity (Wildman–Crippen MR) is 65.8 cm³/mol. The first-order valence-electron chi connectivity index (χ1n) is 5.55. The molecule has 0 unspecified atom stereocenters. The minimum atomic E-state index is -4.52. The van der Waals surface area contributed by atoms with Gasteiger partial charge in [0, 0.05) is 11.8 Å². The molecule has 3 N–H and O–H groups in total. The van der Waals surface area contributed by atoms with E-state index in [2.05, 4.69) is 10.3 Å². The monoisotopic (exact) mass is 284 g/mol. The molecular formula is C12H11F3N4O. The highest BCUT2D eigenvalue weighted by Crippen LogP contribution is 2.28. The fourth-order valence-corrected chi connectivity index (χ4v) is 1.82. The van der Waals surface area contributed by atoms with E-state index < -0.39 is 11.9 Å². The first-order chi connectivity index (χ1) is 9.34. The molecule has 0 atom stereocenters. The van der Waals surface area contributed by atoms with Gasteiger partial charge in [0.15, 0.2) is 11.5 Å². The lowest BCUT2D eigenvalue weighted by Crippen LogP contribution is -2.17. The molecule has 0 saturated carbocycles. The SMILES string of the molecule is Cc1cccc(/C(N)=N/O)c1-n1ccc(C(F)(F)F)n1. The van der Waals surface area contributed by atoms with Gasteiger partial charge in [0.1, 0.15) is 0 Å². The summed E-state index contributed by atoms with van der Waals surface area (Å²) in [5, 5.41) is 15.1. The summed E-state index contributed by atoms with van der Waals surface area (Å²) in [5.74, 6) is -0.201. The normalized spacial score (nSPS) is 12.7. The average Bonchev–Trinajstić information content (AvgIpc) is 2.86. The van der Waals surface area contributed by atoms with E-state index in [1.54, 1.807) is 19.1 Å². The second-order valence-electron chi connectivity index (χ2n) is 4.10. The number of nitrogens with two attached hydrogens (primary N) is 1. The van der Waals surface area contributed by atoms with E-state index in [-0.39, 0.29) is 5.84 Å². The summed E-state index contributed by atoms with van der Waals surface area (Å²) in [6.45, 7) is 1.69. The Morgan fingerprint density at radius 2 is 2.05 bits per heavy atom. The fourth-order valence-electron chi connectivity index (χ4n) is 1.82. The van der Waals surface area contributed by atoms with Gasteiger partial charge in [0.2, 0.25) is 0 Å². The number of alkyl halides is 3. The van der Waals surface area contributed by atoms with Gasteiger partial charge in [0.05, 0.1) is 5.69 Å². The van der Waals surface area contributed by atoms with Gasteiger partial charge in [-0.15, -0.1) is 0 Å². The van der Waals surface area contributed by atoms with Crippen molar-refractivity contribution in [2.45, 2.75) is 13.1 Å². The minimum Gasteiger partial charge on any atom is -0.409 e. The Morgan fingerprint density at radius 1 is 1.35 bits per heavy atom. The Morgan fingerprint density at radius 3 is 2.60 bits per heavy atom. The van der Waals surface area contributed by atoms with Crippen molar-refractivity contribution >= 4 is 5.84 Å². The third-order valence-electron chi connectivity index (χ3n) is 2.73. The molecule has 1 aromatic heterocycles. The summed E-state index contributed by atoms with van der Waals surface area (Å²) in [5.41, 5.74) is 5.79. The molecule has 8 heteroatoms. The van der Waals surface area contributed by atoms with Crippen molar-refractivity contribution in [1.29, 1.82) is 0 Å². The van der Waals surface area contributed by atoms with Crippen LogP contribution in [0.3, 0.4) is 0 Å². The molecule has 20 heavy (non-hydrogen) atoms. The maximum Gasteiger partial charge on any atom is 0.435 e. The molecule has 0 bridgehead atoms. The van der Waals surface area contributed by atoms with E-state index >= 15 is 0 Å². The standard InChI is InChI=1S/C12H11F3N4O/c1-7-3-2-4-8(11(16)18-20)10(7)19-6-5-9(17-19)12(13,14)15/h2-6,20H,1H3,(H2,16,18). The summed E-state index contributed by atoms with van der Waals surface area (Å²) in [6.07, 6.45) is -3.34. The van der Waals surface area contributed by atoms with E-state index in [1.807, 2.05) is 0 Å². The third-order valence-corrected chi connectivity index (χ3v) is 2.73. The van der Waals surface area contributed by atoms with E-state index in [0.29, 0.717) is 16.8 Å². The number of para-hydroxylation sites is 1. The average molecular weight is 284 g/mol. The summed E-state index contributed by atoms with van der Waals surface area (Å²) < 4.78 is 38.8. The van der Waals surface area contributed by atoms with Crippen molar-refractivity contribution in [3.63, 3.8) is 0 Å². The molecule has 0 aliphatic rings. The van der Waals surface area contributed by atoms with Gasteiger partial charge < -0.3 is 10.9 Å². The predicted octanol–water partition coefficient (Wildman–Crippen LogP) is 2.29. The van der Waals surface area contributed by atoms with Gasteiger partial charge in [-0.2, -0.15) is 18.3 Å². The van der Waals surface area contributed by atoms with Crippen LogP contribution in [0.15, 0.2) is 35.6 Å². The molecule has 2 aromatic rings. The molecule has 0 radical (unpaired) electrons. The quantitative estimate of drug-likeness (QED) is 0.384. The Kier molecular flexibility index (Phi) is 3.39. The first-order valence-corrected chi connectivity index (χ1v) is 5.55. The van der Waals surface area contributed by atoms with E-state index in [4.69, 9.17) is 10.9 Å². The number of halogens is 3. The molecule has 0 aliphatic carbocycles. The molecule has 0 fully saturated rings. The number of benzene rings is 1. The second kappa shape index (κ2) is 4.87. The number of nitrogens with zero attached hydrogens (tertiary/aromatic N) is 3. The van der Waals surface area contributed by atoms with Crippen molar-refractivity contribution in [3.8, 4) is 5.69 Å². The van der Waals surface area contributed by atoms with Gasteiger partial charge in [-0.1, -0.05) is 17.3 Å². The lowest BCUT2D eigenvalue weighted by Gasteiger charge is -2.11. The lowest BCUT2D eigenvalue weighted by atomic mass is 10.1. The highest BCUT2D eigenvalue weighted by molar-refractivity contribution is 6.00. The number of oxime groups is 1. The fraction of sp³-hybridized carbons (Fsp3) is 0.167. The van der Waals surface area contributed by atoms with Crippen molar-refractivity contribution in [3.05, 3.63) is 47.3 Å². The molecule has 106 valence electrons. The minimum absolute atomic E-state index is 0.201. The Bertz CT molecular complexity index is 661. The van der Waals surface area contributed by atoms with E-state index in [0.717, 1.165) is 10.7 Å². The zero-order chi connectivity index (χ0) is 14.9. The second-order valence-corrected chi connectivity index (χ2v) is 4.10. The van der Waals surface area contributed by atoms with Crippen molar-refractivity contribution in [2.24, 2.45) is 10.9 Å². The number of amidine groups is 1. The van der Waals surface area contributed by atoms with Crippen LogP contribution in [0.5, 0.6) is 0 Å². The van der Waals surface area contributed by atoms with Crippen molar-refractivity contribution in [2.75, 3.05) is 0 Å². The molecule has 0 amide bonds. The number of hydrogen-bond acceptors (Lipinski definition) is 3. The van der Waals surface area contributed by atoms with Gasteiger partial charge >= 0.3 is 6.18 Å². The topological polar surface area (TPSA) is 76.4 Å². The Hall–Kier alpha value is -2.51. The molecule has 1 aromatic carbocycles. The van der Waals surface area contributed by atoms with Crippen LogP contribution in [0, 0.1) is 6.92 Å².